The first kappa shape index (κ1) is 29.1. The molecule has 2 aromatic rings. The molecule has 3 rings (SSSR count). The van der Waals surface area contributed by atoms with Gasteiger partial charge < -0.3 is 5.32 Å². The minimum Gasteiger partial charge on any atom is -0.313 e. The summed E-state index contributed by atoms with van der Waals surface area (Å²) in [6.07, 6.45) is -20.5. The molecule has 0 spiro atoms. The molecule has 14 heteroatoms. The highest BCUT2D eigenvalue weighted by Crippen LogP contribution is 2.43. The molecule has 1 aliphatic rings. The van der Waals surface area contributed by atoms with Crippen LogP contribution < -0.4 is 5.32 Å². The van der Waals surface area contributed by atoms with Crippen molar-refractivity contribution in [2.24, 2.45) is 0 Å². The average molecular weight is 546 g/mol. The van der Waals surface area contributed by atoms with Gasteiger partial charge in [-0.2, -0.15) is 52.7 Å². The van der Waals surface area contributed by atoms with Crippen molar-refractivity contribution in [1.82, 2.24) is 5.32 Å². The lowest BCUT2D eigenvalue weighted by Crippen LogP contribution is -2.30. The Kier molecular flexibility index (Phi) is 8.07. The molecular weight excluding hydrogens is 530 g/mol. The molecule has 0 bridgehead atoms. The first-order valence-electron chi connectivity index (χ1n) is 9.69. The zero-order valence-electron chi connectivity index (χ0n) is 17.2. The van der Waals surface area contributed by atoms with Gasteiger partial charge in [-0.05, 0) is 66.9 Å². The van der Waals surface area contributed by atoms with Crippen LogP contribution in [0.2, 0.25) is 0 Å². The highest BCUT2D eigenvalue weighted by molar-refractivity contribution is 5.85. The van der Waals surface area contributed by atoms with Crippen LogP contribution >= 0.6 is 12.4 Å². The van der Waals surface area contributed by atoms with Crippen LogP contribution in [0.4, 0.5) is 52.7 Å². The number of hydrogen-bond acceptors (Lipinski definition) is 1. The van der Waals surface area contributed by atoms with Crippen LogP contribution in [0.1, 0.15) is 52.1 Å². The Morgan fingerprint density at radius 2 is 0.886 bits per heavy atom. The smallest absolute Gasteiger partial charge is 0.313 e. The number of nitrogens with one attached hydrogen (secondary N) is 1. The second-order valence-electron chi connectivity index (χ2n) is 7.86. The van der Waals surface area contributed by atoms with E-state index in [2.05, 4.69) is 5.32 Å². The Morgan fingerprint density at radius 1 is 0.571 bits per heavy atom. The first-order valence-corrected chi connectivity index (χ1v) is 9.69. The van der Waals surface area contributed by atoms with Crippen LogP contribution in [0.15, 0.2) is 36.4 Å². The minimum absolute atomic E-state index is 0. The van der Waals surface area contributed by atoms with E-state index in [1.807, 2.05) is 0 Å². The monoisotopic (exact) mass is 545 g/mol. The molecule has 1 N–H and O–H groups in total. The molecule has 2 aromatic carbocycles. The van der Waals surface area contributed by atoms with Gasteiger partial charge in [0.2, 0.25) is 0 Å². The number of rotatable bonds is 3. The zero-order valence-corrected chi connectivity index (χ0v) is 18.0. The fourth-order valence-corrected chi connectivity index (χ4v) is 3.97. The standard InChI is InChI=1S/C21H15F12N.ClH/c22-18(23,24)12-4-10(5-13(8-12)19(25,26)27)17(16-2-1-3-34-16)11-6-14(20(28,29)30)9-15(7-11)21(31,32)33;/h4-9,16-17,34H,1-3H2;1H/t16-;/m0./s1. The summed E-state index contributed by atoms with van der Waals surface area (Å²) in [5.41, 5.74) is -8.28. The van der Waals surface area contributed by atoms with Crippen LogP contribution in [-0.2, 0) is 24.7 Å². The molecule has 0 radical (unpaired) electrons. The summed E-state index contributed by atoms with van der Waals surface area (Å²) in [6, 6.07) is 0.00206. The number of benzene rings is 2. The van der Waals surface area contributed by atoms with E-state index < -0.39 is 70.0 Å². The van der Waals surface area contributed by atoms with Crippen molar-refractivity contribution in [2.75, 3.05) is 6.54 Å². The van der Waals surface area contributed by atoms with Crippen LogP contribution in [0.5, 0.6) is 0 Å². The van der Waals surface area contributed by atoms with Crippen molar-refractivity contribution in [3.63, 3.8) is 0 Å². The third kappa shape index (κ3) is 6.75. The van der Waals surface area contributed by atoms with Gasteiger partial charge in [0.25, 0.3) is 0 Å². The van der Waals surface area contributed by atoms with Crippen molar-refractivity contribution in [2.45, 2.75) is 49.5 Å². The molecule has 1 saturated heterocycles. The summed E-state index contributed by atoms with van der Waals surface area (Å²) in [7, 11) is 0. The van der Waals surface area contributed by atoms with Gasteiger partial charge in [0, 0.05) is 12.0 Å². The van der Waals surface area contributed by atoms with Gasteiger partial charge >= 0.3 is 24.7 Å². The molecule has 1 aliphatic heterocycles. The summed E-state index contributed by atoms with van der Waals surface area (Å²) in [4.78, 5) is 0. The van der Waals surface area contributed by atoms with Gasteiger partial charge in [-0.25, -0.2) is 0 Å². The van der Waals surface area contributed by atoms with E-state index in [0.29, 0.717) is 30.7 Å². The third-order valence-corrected chi connectivity index (χ3v) is 5.44. The number of halogens is 13. The molecule has 0 aliphatic carbocycles. The zero-order chi connectivity index (χ0) is 25.7. The molecular formula is C21H16ClF12N. The topological polar surface area (TPSA) is 12.0 Å². The maximum Gasteiger partial charge on any atom is 0.416 e. The minimum atomic E-state index is -5.24. The van der Waals surface area contributed by atoms with E-state index in [-0.39, 0.29) is 37.5 Å². The quantitative estimate of drug-likeness (QED) is 0.385. The van der Waals surface area contributed by atoms with Crippen molar-refractivity contribution in [3.05, 3.63) is 69.8 Å². The van der Waals surface area contributed by atoms with Crippen LogP contribution in [0.3, 0.4) is 0 Å². The third-order valence-electron chi connectivity index (χ3n) is 5.44. The molecule has 1 atom stereocenters. The Hall–Kier alpha value is -2.15. The Morgan fingerprint density at radius 3 is 1.11 bits per heavy atom. The maximum atomic E-state index is 13.3. The van der Waals surface area contributed by atoms with Gasteiger partial charge in [-0.1, -0.05) is 0 Å². The molecule has 1 nitrogen and oxygen atoms in total. The van der Waals surface area contributed by atoms with E-state index in [1.54, 1.807) is 0 Å². The lowest BCUT2D eigenvalue weighted by atomic mass is 9.81. The van der Waals surface area contributed by atoms with Crippen LogP contribution in [0, 0.1) is 0 Å². The summed E-state index contributed by atoms with van der Waals surface area (Å²) in [5.74, 6) is -1.64. The second-order valence-corrected chi connectivity index (χ2v) is 7.86. The van der Waals surface area contributed by atoms with Crippen molar-refractivity contribution < 1.29 is 52.7 Å². The second kappa shape index (κ2) is 9.72. The fourth-order valence-electron chi connectivity index (χ4n) is 3.97. The van der Waals surface area contributed by atoms with Crippen molar-refractivity contribution in [1.29, 1.82) is 0 Å². The lowest BCUT2D eigenvalue weighted by molar-refractivity contribution is -0.144. The molecule has 196 valence electrons. The van der Waals surface area contributed by atoms with E-state index in [9.17, 15) is 52.7 Å². The first-order chi connectivity index (χ1) is 15.4. The Labute approximate surface area is 196 Å². The SMILES string of the molecule is Cl.FC(F)(F)c1cc(C(c2cc(C(F)(F)F)cc(C(F)(F)F)c2)[C@@H]2CCCN2)cc(C(F)(F)F)c1. The highest BCUT2D eigenvalue weighted by Gasteiger charge is 2.41. The van der Waals surface area contributed by atoms with Crippen molar-refractivity contribution >= 4 is 12.4 Å². The fraction of sp³-hybridized carbons (Fsp3) is 0.429. The van der Waals surface area contributed by atoms with Gasteiger partial charge in [-0.3, -0.25) is 0 Å². The molecule has 0 amide bonds. The van der Waals surface area contributed by atoms with Gasteiger partial charge in [0.15, 0.2) is 0 Å². The van der Waals surface area contributed by atoms with E-state index in [0.717, 1.165) is 0 Å². The lowest BCUT2D eigenvalue weighted by Gasteiger charge is -2.28. The maximum absolute atomic E-state index is 13.3. The summed E-state index contributed by atoms with van der Waals surface area (Å²) >= 11 is 0. The van der Waals surface area contributed by atoms with Crippen LogP contribution in [0.25, 0.3) is 0 Å². The molecule has 1 fully saturated rings. The number of hydrogen-bond donors (Lipinski definition) is 1. The summed E-state index contributed by atoms with van der Waals surface area (Å²) in [6.45, 7) is 0.233. The highest BCUT2D eigenvalue weighted by atomic mass is 35.5. The van der Waals surface area contributed by atoms with E-state index >= 15 is 0 Å². The Bertz CT molecular complexity index is 891. The molecule has 0 unspecified atom stereocenters. The predicted octanol–water partition coefficient (Wildman–Crippen LogP) is 8.07. The van der Waals surface area contributed by atoms with Gasteiger partial charge in [0.05, 0.1) is 22.3 Å². The van der Waals surface area contributed by atoms with Gasteiger partial charge in [0.1, 0.15) is 0 Å². The summed E-state index contributed by atoms with van der Waals surface area (Å²) in [5, 5.41) is 2.76. The predicted molar refractivity (Wildman–Crippen MR) is 103 cm³/mol. The Balaban J connectivity index is 0.00000432. The normalized spacial score (nSPS) is 17.6. The van der Waals surface area contributed by atoms with E-state index in [1.165, 1.54) is 0 Å². The molecule has 35 heavy (non-hydrogen) atoms. The van der Waals surface area contributed by atoms with Crippen molar-refractivity contribution in [3.8, 4) is 0 Å². The summed E-state index contributed by atoms with van der Waals surface area (Å²) < 4.78 is 160. The molecule has 1 heterocycles. The number of alkyl halides is 12. The molecule has 0 aromatic heterocycles. The largest absolute Gasteiger partial charge is 0.416 e. The van der Waals surface area contributed by atoms with E-state index in [4.69, 9.17) is 0 Å². The average Bonchev–Trinajstić information content (AvgIpc) is 3.19. The van der Waals surface area contributed by atoms with Gasteiger partial charge in [-0.15, -0.1) is 12.4 Å². The molecule has 0 saturated carbocycles. The van der Waals surface area contributed by atoms with Crippen LogP contribution in [-0.4, -0.2) is 12.6 Å².